The molecule has 100 valence electrons. The van der Waals surface area contributed by atoms with Crippen LogP contribution in [0.25, 0.3) is 0 Å². The van der Waals surface area contributed by atoms with Gasteiger partial charge in [0, 0.05) is 18.5 Å². The Bertz CT molecular complexity index is 260. The van der Waals surface area contributed by atoms with Crippen molar-refractivity contribution in [1.82, 2.24) is 4.90 Å². The average Bonchev–Trinajstić information content (AvgIpc) is 2.32. The number of nitrogens with two attached hydrogens (primary N) is 1. The molecule has 0 aliphatic carbocycles. The van der Waals surface area contributed by atoms with Crippen LogP contribution in [0.2, 0.25) is 0 Å². The van der Waals surface area contributed by atoms with Crippen LogP contribution in [0.1, 0.15) is 40.5 Å². The molecule has 0 heterocycles. The van der Waals surface area contributed by atoms with Crippen LogP contribution in [-0.4, -0.2) is 34.8 Å². The van der Waals surface area contributed by atoms with Gasteiger partial charge in [0.2, 0.25) is 0 Å². The molecular weight excluding hydrogens is 248 g/mol. The highest BCUT2D eigenvalue weighted by Crippen LogP contribution is 2.08. The molecule has 0 rings (SSSR count). The first-order valence-corrected chi connectivity index (χ1v) is 6.99. The highest BCUT2D eigenvalue weighted by Gasteiger charge is 2.10. The number of thiocarbonyl (C=S) groups is 2. The Hall–Kier alpha value is -0.320. The van der Waals surface area contributed by atoms with Gasteiger partial charge in [0.25, 0.3) is 0 Å². The van der Waals surface area contributed by atoms with Crippen molar-refractivity contribution in [3.05, 3.63) is 11.8 Å². The zero-order chi connectivity index (χ0) is 13.8. The minimum Gasteiger partial charge on any atom is -0.374 e. The normalized spacial score (nSPS) is 10.4. The first-order valence-electron chi connectivity index (χ1n) is 6.17. The van der Waals surface area contributed by atoms with Crippen LogP contribution in [0.4, 0.5) is 0 Å². The molecule has 2 N–H and O–H groups in total. The fourth-order valence-corrected chi connectivity index (χ4v) is 1.70. The van der Waals surface area contributed by atoms with Gasteiger partial charge < -0.3 is 10.6 Å². The molecule has 17 heavy (non-hydrogen) atoms. The van der Waals surface area contributed by atoms with E-state index in [0.29, 0.717) is 0 Å². The second kappa shape index (κ2) is 12.1. The Kier molecular flexibility index (Phi) is 13.6. The third-order valence-electron chi connectivity index (χ3n) is 2.18. The molecule has 0 spiro atoms. The van der Waals surface area contributed by atoms with E-state index >= 15 is 0 Å². The van der Waals surface area contributed by atoms with Gasteiger partial charge in [-0.3, -0.25) is 0 Å². The van der Waals surface area contributed by atoms with E-state index in [0.717, 1.165) is 41.4 Å². The Morgan fingerprint density at radius 1 is 1.24 bits per heavy atom. The van der Waals surface area contributed by atoms with Gasteiger partial charge in [-0.1, -0.05) is 44.4 Å². The summed E-state index contributed by atoms with van der Waals surface area (Å²) in [6.07, 6.45) is 4.15. The van der Waals surface area contributed by atoms with Crippen molar-refractivity contribution in [2.45, 2.75) is 40.5 Å². The van der Waals surface area contributed by atoms with E-state index < -0.39 is 0 Å². The molecule has 2 nitrogen and oxygen atoms in total. The summed E-state index contributed by atoms with van der Waals surface area (Å²) in [5, 5.41) is 0. The quantitative estimate of drug-likeness (QED) is 0.438. The lowest BCUT2D eigenvalue weighted by atomic mass is 10.2. The minimum absolute atomic E-state index is 0.746. The molecule has 0 saturated heterocycles. The first-order chi connectivity index (χ1) is 8.04. The summed E-state index contributed by atoms with van der Waals surface area (Å²) >= 11 is 10.4. The van der Waals surface area contributed by atoms with Gasteiger partial charge in [-0.25, -0.2) is 0 Å². The lowest BCUT2D eigenvalue weighted by molar-refractivity contribution is 0.422. The van der Waals surface area contributed by atoms with Crippen molar-refractivity contribution < 1.29 is 0 Å². The van der Waals surface area contributed by atoms with Gasteiger partial charge in [-0.05, 0) is 33.2 Å². The summed E-state index contributed by atoms with van der Waals surface area (Å²) in [4.78, 5) is 3.71. The van der Waals surface area contributed by atoms with E-state index in [4.69, 9.17) is 30.2 Å². The Morgan fingerprint density at radius 2 is 1.76 bits per heavy atom. The third kappa shape index (κ3) is 8.41. The van der Waals surface area contributed by atoms with Crippen LogP contribution in [0, 0.1) is 0 Å². The predicted molar refractivity (Wildman–Crippen MR) is 86.9 cm³/mol. The molecule has 0 amide bonds. The monoisotopic (exact) mass is 274 g/mol. The predicted octanol–water partition coefficient (Wildman–Crippen LogP) is 3.35. The lowest BCUT2D eigenvalue weighted by Crippen LogP contribution is -2.26. The van der Waals surface area contributed by atoms with E-state index in [2.05, 4.69) is 4.90 Å². The Morgan fingerprint density at radius 3 is 2.12 bits per heavy atom. The van der Waals surface area contributed by atoms with Crippen molar-refractivity contribution in [2.24, 2.45) is 5.73 Å². The highest BCUT2D eigenvalue weighted by atomic mass is 32.1. The summed E-state index contributed by atoms with van der Waals surface area (Å²) < 4.78 is 0. The van der Waals surface area contributed by atoms with E-state index in [1.54, 1.807) is 0 Å². The van der Waals surface area contributed by atoms with Crippen LogP contribution in [0.15, 0.2) is 11.8 Å². The fourth-order valence-electron chi connectivity index (χ4n) is 1.32. The zero-order valence-electron chi connectivity index (χ0n) is 11.7. The van der Waals surface area contributed by atoms with E-state index in [-0.39, 0.29) is 0 Å². The van der Waals surface area contributed by atoms with Crippen LogP contribution in [0.3, 0.4) is 0 Å². The molecule has 0 atom stereocenters. The molecule has 0 aliphatic rings. The third-order valence-corrected chi connectivity index (χ3v) is 3.03. The molecular formula is C13H26N2S2. The molecule has 0 aliphatic heterocycles. The fraction of sp³-hybridized carbons (Fsp3) is 0.692. The average molecular weight is 274 g/mol. The molecule has 0 fully saturated rings. The maximum absolute atomic E-state index is 5.45. The lowest BCUT2D eigenvalue weighted by Gasteiger charge is -2.22. The summed E-state index contributed by atoms with van der Waals surface area (Å²) in [5.74, 6) is 0. The Balaban J connectivity index is 0. The second-order valence-corrected chi connectivity index (χ2v) is 4.50. The Labute approximate surface area is 117 Å². The van der Waals surface area contributed by atoms with Crippen molar-refractivity contribution in [2.75, 3.05) is 20.1 Å². The van der Waals surface area contributed by atoms with Gasteiger partial charge in [0.1, 0.15) is 0 Å². The molecule has 0 bridgehead atoms. The van der Waals surface area contributed by atoms with Gasteiger partial charge in [0.15, 0.2) is 0 Å². The van der Waals surface area contributed by atoms with Gasteiger partial charge >= 0.3 is 0 Å². The van der Waals surface area contributed by atoms with Crippen LogP contribution >= 0.6 is 24.4 Å². The molecule has 0 aromatic rings. The van der Waals surface area contributed by atoms with Crippen molar-refractivity contribution in [3.8, 4) is 0 Å². The minimum atomic E-state index is 0.746. The molecule has 0 unspecified atom stereocenters. The number of nitrogens with zero attached hydrogens (tertiary/aromatic N) is 1. The maximum atomic E-state index is 5.45. The van der Waals surface area contributed by atoms with Crippen molar-refractivity contribution in [3.63, 3.8) is 0 Å². The molecule has 0 aromatic carbocycles. The van der Waals surface area contributed by atoms with E-state index in [9.17, 15) is 0 Å². The topological polar surface area (TPSA) is 29.3 Å². The first kappa shape index (κ1) is 19.0. The number of hydrogen-bond acceptors (Lipinski definition) is 4. The zero-order valence-corrected chi connectivity index (χ0v) is 13.4. The highest BCUT2D eigenvalue weighted by molar-refractivity contribution is 7.89. The molecule has 4 heteroatoms. The van der Waals surface area contributed by atoms with Crippen molar-refractivity contribution in [1.29, 1.82) is 0 Å². The van der Waals surface area contributed by atoms with Crippen LogP contribution < -0.4 is 5.73 Å². The van der Waals surface area contributed by atoms with Gasteiger partial charge in [0.05, 0.1) is 10.6 Å². The van der Waals surface area contributed by atoms with E-state index in [1.165, 1.54) is 0 Å². The van der Waals surface area contributed by atoms with E-state index in [1.807, 2.05) is 40.8 Å². The standard InChI is InChI=1S/C11H20N2S2.C2H6/c1-4-10(11(15)9(2)14)13(3)8-6-5-7-12;1-2/h4H,5-8,12H2,1-3H3;1-2H3/b10-4-;. The SMILES string of the molecule is C/C=C(/C(=S)C(C)=S)N(C)CCCCN.CC. The number of rotatable bonds is 7. The second-order valence-electron chi connectivity index (χ2n) is 3.48. The number of unbranched alkanes of at least 4 members (excludes halogenated alkanes) is 1. The number of allylic oxidation sites excluding steroid dienone is 2. The largest absolute Gasteiger partial charge is 0.374 e. The molecule has 0 saturated carbocycles. The van der Waals surface area contributed by atoms with Crippen LogP contribution in [0.5, 0.6) is 0 Å². The smallest absolute Gasteiger partial charge is 0.0743 e. The molecule has 0 aromatic heterocycles. The van der Waals surface area contributed by atoms with Gasteiger partial charge in [-0.2, -0.15) is 0 Å². The van der Waals surface area contributed by atoms with Crippen LogP contribution in [-0.2, 0) is 0 Å². The summed E-state index contributed by atoms with van der Waals surface area (Å²) in [7, 11) is 2.04. The molecule has 0 radical (unpaired) electrons. The summed E-state index contributed by atoms with van der Waals surface area (Å²) in [5.41, 5.74) is 6.50. The maximum Gasteiger partial charge on any atom is 0.0743 e. The summed E-state index contributed by atoms with van der Waals surface area (Å²) in [6, 6.07) is 0. The number of hydrogen-bond donors (Lipinski definition) is 1. The van der Waals surface area contributed by atoms with Gasteiger partial charge in [-0.15, -0.1) is 0 Å². The van der Waals surface area contributed by atoms with Crippen molar-refractivity contribution >= 4 is 34.2 Å². The summed E-state index contributed by atoms with van der Waals surface area (Å²) in [6.45, 7) is 9.57.